The van der Waals surface area contributed by atoms with E-state index in [4.69, 9.17) is 4.74 Å². The normalized spacial score (nSPS) is 57.2. The Labute approximate surface area is 144 Å². The smallest absolute Gasteiger partial charge is 0.230 e. The monoisotopic (exact) mass is 328 g/mol. The standard InChI is InChI=1S/C21H28O3/c1-4-12-10-13-14-6-5-8-19(14,2)9-7-15(13)20(3)11-16(22)17(23)18-21(12,20)24-18/h4,13-15,18H,5-11H2,1-3H3/t13-,14-,15+,18?,19-,20+,21?/m0/s1. The molecule has 4 saturated carbocycles. The van der Waals surface area contributed by atoms with Crippen LogP contribution < -0.4 is 0 Å². The lowest BCUT2D eigenvalue weighted by Gasteiger charge is -2.59. The highest BCUT2D eigenvalue weighted by atomic mass is 16.6. The molecule has 0 N–H and O–H groups in total. The van der Waals surface area contributed by atoms with Crippen LogP contribution in [0.5, 0.6) is 0 Å². The Morgan fingerprint density at radius 3 is 2.67 bits per heavy atom. The zero-order chi connectivity index (χ0) is 16.9. The molecule has 5 rings (SSSR count). The lowest BCUT2D eigenvalue weighted by atomic mass is 9.44. The van der Waals surface area contributed by atoms with Gasteiger partial charge in [-0.25, -0.2) is 0 Å². The topological polar surface area (TPSA) is 46.7 Å². The SMILES string of the molecule is CC=C1C[C@@H]2[C@@H](CC[C@]3(C)CCC[C@@H]23)[C@@]2(C)CC(=O)C(=O)C3OC132. The number of ether oxygens (including phenoxy) is 1. The van der Waals surface area contributed by atoms with E-state index in [1.807, 2.05) is 0 Å². The van der Waals surface area contributed by atoms with Crippen molar-refractivity contribution >= 4 is 11.6 Å². The van der Waals surface area contributed by atoms with E-state index in [2.05, 4.69) is 26.8 Å². The minimum atomic E-state index is -0.479. The molecule has 130 valence electrons. The summed E-state index contributed by atoms with van der Waals surface area (Å²) in [6.45, 7) is 6.84. The van der Waals surface area contributed by atoms with Crippen LogP contribution in [0.1, 0.15) is 65.7 Å². The number of hydrogen-bond donors (Lipinski definition) is 0. The zero-order valence-corrected chi connectivity index (χ0v) is 15.1. The van der Waals surface area contributed by atoms with Crippen molar-refractivity contribution in [1.82, 2.24) is 0 Å². The molecule has 0 aromatic heterocycles. The molecule has 24 heavy (non-hydrogen) atoms. The lowest BCUT2D eigenvalue weighted by Crippen LogP contribution is -2.60. The van der Waals surface area contributed by atoms with Gasteiger partial charge in [0, 0.05) is 11.8 Å². The van der Waals surface area contributed by atoms with Crippen molar-refractivity contribution in [2.45, 2.75) is 77.4 Å². The van der Waals surface area contributed by atoms with Crippen LogP contribution in [0.2, 0.25) is 0 Å². The van der Waals surface area contributed by atoms with Gasteiger partial charge in [0.1, 0.15) is 5.60 Å². The van der Waals surface area contributed by atoms with Crippen LogP contribution in [-0.4, -0.2) is 23.3 Å². The zero-order valence-electron chi connectivity index (χ0n) is 15.1. The van der Waals surface area contributed by atoms with Crippen molar-refractivity contribution < 1.29 is 14.3 Å². The summed E-state index contributed by atoms with van der Waals surface area (Å²) < 4.78 is 6.11. The number of carbonyl (C=O) groups is 2. The predicted molar refractivity (Wildman–Crippen MR) is 90.4 cm³/mol. The number of fused-ring (bicyclic) bond motifs is 4. The molecule has 0 aromatic rings. The van der Waals surface area contributed by atoms with E-state index in [1.165, 1.54) is 37.7 Å². The average molecular weight is 328 g/mol. The van der Waals surface area contributed by atoms with Crippen molar-refractivity contribution in [3.63, 3.8) is 0 Å². The molecule has 3 nitrogen and oxygen atoms in total. The van der Waals surface area contributed by atoms with E-state index in [1.54, 1.807) is 0 Å². The van der Waals surface area contributed by atoms with Gasteiger partial charge in [0.25, 0.3) is 0 Å². The first-order valence-electron chi connectivity index (χ1n) is 9.78. The molecule has 1 heterocycles. The summed E-state index contributed by atoms with van der Waals surface area (Å²) >= 11 is 0. The maximum atomic E-state index is 12.4. The number of rotatable bonds is 0. The molecule has 4 aliphatic carbocycles. The van der Waals surface area contributed by atoms with Gasteiger partial charge >= 0.3 is 0 Å². The van der Waals surface area contributed by atoms with Gasteiger partial charge in [-0.05, 0) is 67.8 Å². The van der Waals surface area contributed by atoms with E-state index in [-0.39, 0.29) is 17.0 Å². The van der Waals surface area contributed by atoms with Crippen molar-refractivity contribution in [2.24, 2.45) is 28.6 Å². The highest BCUT2D eigenvalue weighted by Gasteiger charge is 2.79. The largest absolute Gasteiger partial charge is 0.352 e. The van der Waals surface area contributed by atoms with Gasteiger partial charge in [-0.3, -0.25) is 9.59 Å². The number of allylic oxidation sites excluding steroid dienone is 1. The lowest BCUT2D eigenvalue weighted by molar-refractivity contribution is -0.144. The van der Waals surface area contributed by atoms with Crippen molar-refractivity contribution in [3.8, 4) is 0 Å². The minimum absolute atomic E-state index is 0.183. The van der Waals surface area contributed by atoms with E-state index < -0.39 is 11.7 Å². The molecule has 0 bridgehead atoms. The summed E-state index contributed by atoms with van der Waals surface area (Å²) in [5, 5.41) is 0. The van der Waals surface area contributed by atoms with E-state index in [0.29, 0.717) is 23.7 Å². The highest BCUT2D eigenvalue weighted by molar-refractivity contribution is 6.41. The molecule has 1 saturated heterocycles. The fourth-order valence-corrected chi connectivity index (χ4v) is 7.63. The highest BCUT2D eigenvalue weighted by Crippen LogP contribution is 2.73. The number of ketones is 2. The number of Topliss-reactive ketones (excluding diaryl/α,β-unsaturated/α-hetero) is 2. The second-order valence-corrected chi connectivity index (χ2v) is 9.60. The first-order chi connectivity index (χ1) is 11.4. The van der Waals surface area contributed by atoms with Crippen molar-refractivity contribution in [3.05, 3.63) is 11.6 Å². The maximum Gasteiger partial charge on any atom is 0.230 e. The third-order valence-corrected chi connectivity index (χ3v) is 8.82. The summed E-state index contributed by atoms with van der Waals surface area (Å²) in [6, 6.07) is 0. The van der Waals surface area contributed by atoms with Crippen LogP contribution in [0.25, 0.3) is 0 Å². The molecule has 0 amide bonds. The third kappa shape index (κ3) is 1.50. The molecule has 5 aliphatic rings. The summed E-state index contributed by atoms with van der Waals surface area (Å²) in [6.07, 6.45) is 9.73. The van der Waals surface area contributed by atoms with Gasteiger partial charge in [-0.1, -0.05) is 26.3 Å². The molecule has 7 atom stereocenters. The summed E-state index contributed by atoms with van der Waals surface area (Å²) in [5.41, 5.74) is 1.19. The Hall–Kier alpha value is -0.960. The van der Waals surface area contributed by atoms with Crippen molar-refractivity contribution in [2.75, 3.05) is 0 Å². The molecule has 3 heteroatoms. The van der Waals surface area contributed by atoms with E-state index in [9.17, 15) is 9.59 Å². The molecule has 0 aromatic carbocycles. The fraction of sp³-hybridized carbons (Fsp3) is 0.810. The van der Waals surface area contributed by atoms with E-state index >= 15 is 0 Å². The fourth-order valence-electron chi connectivity index (χ4n) is 7.63. The number of epoxide rings is 1. The molecule has 0 radical (unpaired) electrons. The molecule has 5 fully saturated rings. The second kappa shape index (κ2) is 4.41. The quantitative estimate of drug-likeness (QED) is 0.385. The first kappa shape index (κ1) is 15.3. The number of carbonyl (C=O) groups excluding carboxylic acids is 2. The van der Waals surface area contributed by atoms with Gasteiger partial charge in [-0.15, -0.1) is 0 Å². The van der Waals surface area contributed by atoms with Gasteiger partial charge < -0.3 is 4.74 Å². The maximum absolute atomic E-state index is 12.4. The van der Waals surface area contributed by atoms with E-state index in [0.717, 1.165) is 12.3 Å². The van der Waals surface area contributed by atoms with Gasteiger partial charge in [-0.2, -0.15) is 0 Å². The molecular weight excluding hydrogens is 300 g/mol. The third-order valence-electron chi connectivity index (χ3n) is 8.82. The van der Waals surface area contributed by atoms with Gasteiger partial charge in [0.15, 0.2) is 6.10 Å². The van der Waals surface area contributed by atoms with Crippen LogP contribution in [0.4, 0.5) is 0 Å². The Bertz CT molecular complexity index is 679. The average Bonchev–Trinajstić information content (AvgIpc) is 3.18. The number of hydrogen-bond acceptors (Lipinski definition) is 3. The summed E-state index contributed by atoms with van der Waals surface area (Å²) in [4.78, 5) is 24.7. The van der Waals surface area contributed by atoms with Gasteiger partial charge in [0.2, 0.25) is 11.6 Å². The molecule has 1 aliphatic heterocycles. The predicted octanol–water partition coefficient (Wildman–Crippen LogP) is 3.85. The van der Waals surface area contributed by atoms with Crippen LogP contribution in [0.3, 0.4) is 0 Å². The van der Waals surface area contributed by atoms with Crippen molar-refractivity contribution in [1.29, 1.82) is 0 Å². The second-order valence-electron chi connectivity index (χ2n) is 9.60. The van der Waals surface area contributed by atoms with Crippen LogP contribution in [0.15, 0.2) is 11.6 Å². The minimum Gasteiger partial charge on any atom is -0.352 e. The Kier molecular flexibility index (Phi) is 2.81. The Morgan fingerprint density at radius 1 is 1.12 bits per heavy atom. The van der Waals surface area contributed by atoms with Gasteiger partial charge in [0.05, 0.1) is 0 Å². The molecule has 2 unspecified atom stereocenters. The summed E-state index contributed by atoms with van der Waals surface area (Å²) in [5.74, 6) is 1.52. The van der Waals surface area contributed by atoms with Crippen LogP contribution in [0, 0.1) is 28.6 Å². The Balaban J connectivity index is 1.62. The first-order valence-corrected chi connectivity index (χ1v) is 9.78. The molecular formula is C21H28O3. The Morgan fingerprint density at radius 2 is 1.92 bits per heavy atom. The summed E-state index contributed by atoms with van der Waals surface area (Å²) in [7, 11) is 0. The molecule has 1 spiro atoms. The van der Waals surface area contributed by atoms with Crippen LogP contribution in [-0.2, 0) is 14.3 Å². The van der Waals surface area contributed by atoms with Crippen LogP contribution >= 0.6 is 0 Å².